The summed E-state index contributed by atoms with van der Waals surface area (Å²) in [6.07, 6.45) is 2.15. The summed E-state index contributed by atoms with van der Waals surface area (Å²) in [7, 11) is 0. The highest BCUT2D eigenvalue weighted by molar-refractivity contribution is 5.85. The molecule has 0 aromatic carbocycles. The molecule has 0 aliphatic heterocycles. The molecule has 2 N–H and O–H groups in total. The molecule has 0 spiro atoms. The monoisotopic (exact) mass is 270 g/mol. The zero-order chi connectivity index (χ0) is 14.4. The largest absolute Gasteiger partial charge is 0.481 e. The molecule has 3 atom stereocenters. The van der Waals surface area contributed by atoms with Crippen molar-refractivity contribution in [3.8, 4) is 0 Å². The minimum atomic E-state index is -0.839. The minimum Gasteiger partial charge on any atom is -0.481 e. The van der Waals surface area contributed by atoms with Crippen LogP contribution in [0.2, 0.25) is 0 Å². The van der Waals surface area contributed by atoms with Crippen LogP contribution >= 0.6 is 0 Å². The van der Waals surface area contributed by atoms with Gasteiger partial charge in [-0.05, 0) is 32.9 Å². The third kappa shape index (κ3) is 4.49. The standard InChI is InChI=1S/C14H26N2O3/c1-4-16(5-2)9-10(3)15-13(17)11-7-6-8-12(11)14(18)19/h10-12H,4-9H2,1-3H3,(H,15,17)(H,18,19). The van der Waals surface area contributed by atoms with Gasteiger partial charge in [0, 0.05) is 12.6 Å². The Morgan fingerprint density at radius 1 is 1.26 bits per heavy atom. The topological polar surface area (TPSA) is 69.6 Å². The number of likely N-dealkylation sites (N-methyl/N-ethyl adjacent to an activating group) is 1. The van der Waals surface area contributed by atoms with Crippen LogP contribution < -0.4 is 5.32 Å². The van der Waals surface area contributed by atoms with Crippen molar-refractivity contribution in [2.75, 3.05) is 19.6 Å². The van der Waals surface area contributed by atoms with Crippen LogP contribution in [0.5, 0.6) is 0 Å². The highest BCUT2D eigenvalue weighted by Gasteiger charge is 2.37. The third-order valence-corrected chi connectivity index (χ3v) is 3.99. The van der Waals surface area contributed by atoms with Gasteiger partial charge in [0.25, 0.3) is 0 Å². The number of carboxylic acids is 1. The number of amides is 1. The lowest BCUT2D eigenvalue weighted by Crippen LogP contribution is -2.45. The van der Waals surface area contributed by atoms with Crippen molar-refractivity contribution < 1.29 is 14.7 Å². The lowest BCUT2D eigenvalue weighted by atomic mass is 9.95. The Balaban J connectivity index is 2.47. The number of carboxylic acid groups (broad SMARTS) is 1. The van der Waals surface area contributed by atoms with E-state index in [0.29, 0.717) is 12.8 Å². The van der Waals surface area contributed by atoms with Gasteiger partial charge < -0.3 is 15.3 Å². The second-order valence-electron chi connectivity index (χ2n) is 5.38. The number of hydrogen-bond donors (Lipinski definition) is 2. The highest BCUT2D eigenvalue weighted by atomic mass is 16.4. The molecule has 1 saturated carbocycles. The van der Waals surface area contributed by atoms with Crippen molar-refractivity contribution in [1.29, 1.82) is 0 Å². The van der Waals surface area contributed by atoms with E-state index in [2.05, 4.69) is 24.1 Å². The van der Waals surface area contributed by atoms with Crippen molar-refractivity contribution in [2.24, 2.45) is 11.8 Å². The number of nitrogens with one attached hydrogen (secondary N) is 1. The summed E-state index contributed by atoms with van der Waals surface area (Å²) in [6, 6.07) is 0.0578. The first-order valence-corrected chi connectivity index (χ1v) is 7.25. The van der Waals surface area contributed by atoms with Gasteiger partial charge in [0.15, 0.2) is 0 Å². The number of rotatable bonds is 7. The Kier molecular flexibility index (Phi) is 6.28. The summed E-state index contributed by atoms with van der Waals surface area (Å²) in [6.45, 7) is 8.88. The van der Waals surface area contributed by atoms with E-state index >= 15 is 0 Å². The molecule has 0 radical (unpaired) electrons. The van der Waals surface area contributed by atoms with Crippen LogP contribution in [-0.2, 0) is 9.59 Å². The van der Waals surface area contributed by atoms with Gasteiger partial charge in [-0.2, -0.15) is 0 Å². The van der Waals surface area contributed by atoms with E-state index in [1.165, 1.54) is 0 Å². The fourth-order valence-electron chi connectivity index (χ4n) is 2.83. The van der Waals surface area contributed by atoms with Gasteiger partial charge in [-0.25, -0.2) is 0 Å². The number of hydrogen-bond acceptors (Lipinski definition) is 3. The van der Waals surface area contributed by atoms with Crippen LogP contribution in [0.15, 0.2) is 0 Å². The molecule has 0 aromatic rings. The molecule has 1 rings (SSSR count). The molecular formula is C14H26N2O3. The fourth-order valence-corrected chi connectivity index (χ4v) is 2.83. The molecule has 0 bridgehead atoms. The van der Waals surface area contributed by atoms with Gasteiger partial charge >= 0.3 is 5.97 Å². The summed E-state index contributed by atoms with van der Waals surface area (Å²) in [5.41, 5.74) is 0. The van der Waals surface area contributed by atoms with E-state index in [9.17, 15) is 9.59 Å². The predicted octanol–water partition coefficient (Wildman–Crippen LogP) is 1.33. The van der Waals surface area contributed by atoms with Crippen molar-refractivity contribution in [3.05, 3.63) is 0 Å². The maximum absolute atomic E-state index is 12.1. The first-order chi connectivity index (χ1) is 8.99. The minimum absolute atomic E-state index is 0.0578. The molecule has 1 aliphatic rings. The lowest BCUT2D eigenvalue weighted by molar-refractivity contribution is -0.146. The van der Waals surface area contributed by atoms with Crippen LogP contribution in [0.25, 0.3) is 0 Å². The van der Waals surface area contributed by atoms with E-state index in [1.807, 2.05) is 6.92 Å². The zero-order valence-electron chi connectivity index (χ0n) is 12.2. The number of carbonyl (C=O) groups is 2. The van der Waals surface area contributed by atoms with Crippen LogP contribution in [0, 0.1) is 11.8 Å². The zero-order valence-corrected chi connectivity index (χ0v) is 12.2. The quantitative estimate of drug-likeness (QED) is 0.732. The van der Waals surface area contributed by atoms with E-state index in [0.717, 1.165) is 26.1 Å². The Morgan fingerprint density at radius 3 is 2.37 bits per heavy atom. The van der Waals surface area contributed by atoms with Crippen molar-refractivity contribution in [1.82, 2.24) is 10.2 Å². The molecule has 1 fully saturated rings. The summed E-state index contributed by atoms with van der Waals surface area (Å²) in [5, 5.41) is 12.1. The van der Waals surface area contributed by atoms with Crippen molar-refractivity contribution in [3.63, 3.8) is 0 Å². The van der Waals surface area contributed by atoms with Crippen molar-refractivity contribution in [2.45, 2.75) is 46.1 Å². The highest BCUT2D eigenvalue weighted by Crippen LogP contribution is 2.32. The van der Waals surface area contributed by atoms with Gasteiger partial charge in [0.05, 0.1) is 11.8 Å². The molecule has 1 aliphatic carbocycles. The van der Waals surface area contributed by atoms with Gasteiger partial charge in [0.1, 0.15) is 0 Å². The molecule has 5 nitrogen and oxygen atoms in total. The van der Waals surface area contributed by atoms with Crippen LogP contribution in [0.3, 0.4) is 0 Å². The van der Waals surface area contributed by atoms with Crippen LogP contribution in [-0.4, -0.2) is 47.6 Å². The van der Waals surface area contributed by atoms with Gasteiger partial charge in [-0.15, -0.1) is 0 Å². The fraction of sp³-hybridized carbons (Fsp3) is 0.857. The van der Waals surface area contributed by atoms with Gasteiger partial charge in [-0.1, -0.05) is 20.3 Å². The Labute approximate surface area is 115 Å². The third-order valence-electron chi connectivity index (χ3n) is 3.99. The molecular weight excluding hydrogens is 244 g/mol. The van der Waals surface area contributed by atoms with Crippen LogP contribution in [0.4, 0.5) is 0 Å². The average molecular weight is 270 g/mol. The second kappa shape index (κ2) is 7.48. The maximum atomic E-state index is 12.1. The van der Waals surface area contributed by atoms with E-state index in [-0.39, 0.29) is 17.9 Å². The summed E-state index contributed by atoms with van der Waals surface area (Å²) < 4.78 is 0. The van der Waals surface area contributed by atoms with Crippen LogP contribution in [0.1, 0.15) is 40.0 Å². The van der Waals surface area contributed by atoms with E-state index in [4.69, 9.17) is 5.11 Å². The molecule has 1 amide bonds. The molecule has 5 heteroatoms. The Hall–Kier alpha value is -1.10. The number of nitrogens with zero attached hydrogens (tertiary/aromatic N) is 1. The molecule has 110 valence electrons. The second-order valence-corrected chi connectivity index (χ2v) is 5.38. The lowest BCUT2D eigenvalue weighted by Gasteiger charge is -2.25. The summed E-state index contributed by atoms with van der Waals surface area (Å²) >= 11 is 0. The smallest absolute Gasteiger partial charge is 0.307 e. The maximum Gasteiger partial charge on any atom is 0.307 e. The Bertz CT molecular complexity index is 316. The van der Waals surface area contributed by atoms with E-state index < -0.39 is 11.9 Å². The SMILES string of the molecule is CCN(CC)CC(C)NC(=O)C1CCCC1C(=O)O. The number of aliphatic carboxylic acids is 1. The van der Waals surface area contributed by atoms with E-state index in [1.54, 1.807) is 0 Å². The van der Waals surface area contributed by atoms with Gasteiger partial charge in [-0.3, -0.25) is 9.59 Å². The summed E-state index contributed by atoms with van der Waals surface area (Å²) in [5.74, 6) is -1.78. The molecule has 19 heavy (non-hydrogen) atoms. The normalized spacial score (nSPS) is 24.4. The average Bonchev–Trinajstić information content (AvgIpc) is 2.85. The van der Waals surface area contributed by atoms with Crippen molar-refractivity contribution >= 4 is 11.9 Å². The molecule has 0 heterocycles. The van der Waals surface area contributed by atoms with Gasteiger partial charge in [0.2, 0.25) is 5.91 Å². The first-order valence-electron chi connectivity index (χ1n) is 7.25. The predicted molar refractivity (Wildman–Crippen MR) is 73.9 cm³/mol. The molecule has 3 unspecified atom stereocenters. The number of carbonyl (C=O) groups excluding carboxylic acids is 1. The molecule has 0 saturated heterocycles. The molecule has 0 aromatic heterocycles. The first kappa shape index (κ1) is 16.0. The Morgan fingerprint density at radius 2 is 1.84 bits per heavy atom. The summed E-state index contributed by atoms with van der Waals surface area (Å²) in [4.78, 5) is 25.5.